The number of ketones is 1. The van der Waals surface area contributed by atoms with Crippen molar-refractivity contribution in [2.24, 2.45) is 5.92 Å². The van der Waals surface area contributed by atoms with Gasteiger partial charge in [0.1, 0.15) is 5.75 Å². The van der Waals surface area contributed by atoms with Crippen molar-refractivity contribution in [2.45, 2.75) is 26.9 Å². The monoisotopic (exact) mass is 228 g/mol. The molecule has 0 amide bonds. The molecular weight excluding hydrogens is 214 g/mol. The van der Waals surface area contributed by atoms with Crippen molar-refractivity contribution in [1.82, 2.24) is 0 Å². The fourth-order valence-corrected chi connectivity index (χ4v) is 1.27. The largest absolute Gasteiger partial charge is 0.435 e. The summed E-state index contributed by atoms with van der Waals surface area (Å²) in [5.41, 5.74) is 0.524. The summed E-state index contributed by atoms with van der Waals surface area (Å²) in [6.07, 6.45) is 0.758. The maximum absolute atomic E-state index is 11.9. The molecule has 1 aromatic carbocycles. The summed E-state index contributed by atoms with van der Waals surface area (Å²) < 4.78 is 27.9. The zero-order valence-corrected chi connectivity index (χ0v) is 9.24. The van der Waals surface area contributed by atoms with Crippen LogP contribution in [0.15, 0.2) is 24.3 Å². The normalized spacial score (nSPS) is 12.6. The molecule has 0 aliphatic carbocycles. The third-order valence-corrected chi connectivity index (χ3v) is 2.42. The highest BCUT2D eigenvalue weighted by atomic mass is 19.3. The number of alkyl halides is 2. The van der Waals surface area contributed by atoms with Gasteiger partial charge in [0.15, 0.2) is 5.78 Å². The van der Waals surface area contributed by atoms with Crippen LogP contribution in [0.5, 0.6) is 5.75 Å². The van der Waals surface area contributed by atoms with E-state index in [4.69, 9.17) is 0 Å². The molecule has 0 radical (unpaired) electrons. The predicted molar refractivity (Wildman–Crippen MR) is 56.9 cm³/mol. The molecule has 0 heterocycles. The van der Waals surface area contributed by atoms with Gasteiger partial charge < -0.3 is 4.74 Å². The minimum absolute atomic E-state index is 0.0195. The Labute approximate surface area is 93.2 Å². The number of rotatable bonds is 5. The highest BCUT2D eigenvalue weighted by molar-refractivity contribution is 5.97. The van der Waals surface area contributed by atoms with E-state index in [9.17, 15) is 13.6 Å². The second kappa shape index (κ2) is 5.58. The molecule has 0 fully saturated rings. The molecule has 4 heteroatoms. The van der Waals surface area contributed by atoms with Crippen LogP contribution >= 0.6 is 0 Å². The van der Waals surface area contributed by atoms with Crippen molar-refractivity contribution in [3.63, 3.8) is 0 Å². The molecule has 2 nitrogen and oxygen atoms in total. The van der Waals surface area contributed by atoms with E-state index in [2.05, 4.69) is 4.74 Å². The Kier molecular flexibility index (Phi) is 4.40. The molecule has 0 spiro atoms. The van der Waals surface area contributed by atoms with Gasteiger partial charge in [-0.25, -0.2) is 0 Å². The fourth-order valence-electron chi connectivity index (χ4n) is 1.27. The number of benzene rings is 1. The second-order valence-electron chi connectivity index (χ2n) is 3.58. The van der Waals surface area contributed by atoms with E-state index in [0.717, 1.165) is 6.42 Å². The third-order valence-electron chi connectivity index (χ3n) is 2.42. The molecule has 0 bridgehead atoms. The number of Topliss-reactive ketones (excluding diaryl/α,β-unsaturated/α-hetero) is 1. The quantitative estimate of drug-likeness (QED) is 0.721. The van der Waals surface area contributed by atoms with Crippen LogP contribution in [-0.2, 0) is 0 Å². The smallest absolute Gasteiger partial charge is 0.387 e. The number of ether oxygens (including phenoxy) is 1. The van der Waals surface area contributed by atoms with E-state index in [-0.39, 0.29) is 17.5 Å². The van der Waals surface area contributed by atoms with Gasteiger partial charge in [0.25, 0.3) is 0 Å². The van der Waals surface area contributed by atoms with E-state index >= 15 is 0 Å². The van der Waals surface area contributed by atoms with Gasteiger partial charge in [-0.15, -0.1) is 0 Å². The second-order valence-corrected chi connectivity index (χ2v) is 3.58. The van der Waals surface area contributed by atoms with Gasteiger partial charge >= 0.3 is 6.61 Å². The van der Waals surface area contributed by atoms with Gasteiger partial charge in [-0.3, -0.25) is 4.79 Å². The SMILES string of the molecule is CCC(C)C(=O)c1ccc(OC(F)F)cc1. The van der Waals surface area contributed by atoms with E-state index in [1.807, 2.05) is 13.8 Å². The average Bonchev–Trinajstić information content (AvgIpc) is 2.27. The van der Waals surface area contributed by atoms with Crippen LogP contribution in [0.25, 0.3) is 0 Å². The maximum atomic E-state index is 11.9. The molecule has 1 rings (SSSR count). The van der Waals surface area contributed by atoms with Crippen molar-refractivity contribution in [3.8, 4) is 5.75 Å². The lowest BCUT2D eigenvalue weighted by atomic mass is 9.97. The van der Waals surface area contributed by atoms with Crippen LogP contribution in [0.3, 0.4) is 0 Å². The van der Waals surface area contributed by atoms with Crippen molar-refractivity contribution >= 4 is 5.78 Å². The lowest BCUT2D eigenvalue weighted by Gasteiger charge is -2.08. The van der Waals surface area contributed by atoms with Crippen LogP contribution in [0, 0.1) is 5.92 Å². The van der Waals surface area contributed by atoms with Gasteiger partial charge in [-0.2, -0.15) is 8.78 Å². The molecule has 1 aromatic rings. The van der Waals surface area contributed by atoms with Crippen LogP contribution < -0.4 is 4.74 Å². The Morgan fingerprint density at radius 1 is 1.31 bits per heavy atom. The first kappa shape index (κ1) is 12.6. The Balaban J connectivity index is 2.74. The first-order chi connectivity index (χ1) is 7.54. The van der Waals surface area contributed by atoms with Gasteiger partial charge in [-0.1, -0.05) is 13.8 Å². The Bertz CT molecular complexity index is 347. The minimum Gasteiger partial charge on any atom is -0.435 e. The number of hydrogen-bond donors (Lipinski definition) is 0. The first-order valence-corrected chi connectivity index (χ1v) is 5.13. The van der Waals surface area contributed by atoms with Gasteiger partial charge in [0.05, 0.1) is 0 Å². The molecule has 0 aromatic heterocycles. The Hall–Kier alpha value is -1.45. The Morgan fingerprint density at radius 3 is 2.31 bits per heavy atom. The average molecular weight is 228 g/mol. The van der Waals surface area contributed by atoms with Gasteiger partial charge in [-0.05, 0) is 30.7 Å². The molecule has 0 aliphatic rings. The van der Waals surface area contributed by atoms with Crippen molar-refractivity contribution in [1.29, 1.82) is 0 Å². The highest BCUT2D eigenvalue weighted by Gasteiger charge is 2.13. The summed E-state index contributed by atoms with van der Waals surface area (Å²) in [7, 11) is 0. The van der Waals surface area contributed by atoms with Crippen LogP contribution in [0.4, 0.5) is 8.78 Å². The van der Waals surface area contributed by atoms with E-state index < -0.39 is 6.61 Å². The number of hydrogen-bond acceptors (Lipinski definition) is 2. The fraction of sp³-hybridized carbons (Fsp3) is 0.417. The standard InChI is InChI=1S/C12H14F2O2/c1-3-8(2)11(15)9-4-6-10(7-5-9)16-12(13)14/h4-8,12H,3H2,1-2H3. The summed E-state index contributed by atoms with van der Waals surface area (Å²) in [4.78, 5) is 11.7. The van der Waals surface area contributed by atoms with Crippen LogP contribution in [0.1, 0.15) is 30.6 Å². The number of carbonyl (C=O) groups excluding carboxylic acids is 1. The number of carbonyl (C=O) groups is 1. The molecule has 0 saturated carbocycles. The van der Waals surface area contributed by atoms with E-state index in [0.29, 0.717) is 5.56 Å². The molecule has 0 N–H and O–H groups in total. The van der Waals surface area contributed by atoms with Crippen molar-refractivity contribution in [2.75, 3.05) is 0 Å². The molecule has 0 saturated heterocycles. The maximum Gasteiger partial charge on any atom is 0.387 e. The van der Waals surface area contributed by atoms with Crippen molar-refractivity contribution in [3.05, 3.63) is 29.8 Å². The summed E-state index contributed by atoms with van der Waals surface area (Å²) >= 11 is 0. The zero-order chi connectivity index (χ0) is 12.1. The molecule has 1 atom stereocenters. The first-order valence-electron chi connectivity index (χ1n) is 5.13. The van der Waals surface area contributed by atoms with E-state index in [1.165, 1.54) is 24.3 Å². The lowest BCUT2D eigenvalue weighted by Crippen LogP contribution is -2.10. The summed E-state index contributed by atoms with van der Waals surface area (Å²) in [6, 6.07) is 5.77. The highest BCUT2D eigenvalue weighted by Crippen LogP contribution is 2.17. The summed E-state index contributed by atoms with van der Waals surface area (Å²) in [6.45, 7) is 0.930. The molecular formula is C12H14F2O2. The predicted octanol–water partition coefficient (Wildman–Crippen LogP) is 3.52. The van der Waals surface area contributed by atoms with Gasteiger partial charge in [0, 0.05) is 11.5 Å². The minimum atomic E-state index is -2.84. The molecule has 1 unspecified atom stereocenters. The summed E-state index contributed by atoms with van der Waals surface area (Å²) in [5.74, 6) is 0.0312. The van der Waals surface area contributed by atoms with Gasteiger partial charge in [0.2, 0.25) is 0 Å². The Morgan fingerprint density at radius 2 is 1.88 bits per heavy atom. The molecule has 88 valence electrons. The number of halogens is 2. The molecule has 16 heavy (non-hydrogen) atoms. The zero-order valence-electron chi connectivity index (χ0n) is 9.24. The summed E-state index contributed by atoms with van der Waals surface area (Å²) in [5, 5.41) is 0. The topological polar surface area (TPSA) is 26.3 Å². The van der Waals surface area contributed by atoms with Crippen LogP contribution in [-0.4, -0.2) is 12.4 Å². The van der Waals surface area contributed by atoms with Crippen LogP contribution in [0.2, 0.25) is 0 Å². The molecule has 0 aliphatic heterocycles. The lowest BCUT2D eigenvalue weighted by molar-refractivity contribution is -0.0498. The third kappa shape index (κ3) is 3.29. The van der Waals surface area contributed by atoms with Crippen molar-refractivity contribution < 1.29 is 18.3 Å². The van der Waals surface area contributed by atoms with E-state index in [1.54, 1.807) is 0 Å².